The summed E-state index contributed by atoms with van der Waals surface area (Å²) in [6.07, 6.45) is 5.33. The molecule has 5 heteroatoms. The van der Waals surface area contributed by atoms with Crippen LogP contribution in [0.4, 0.5) is 0 Å². The van der Waals surface area contributed by atoms with Crippen molar-refractivity contribution in [2.75, 3.05) is 0 Å². The van der Waals surface area contributed by atoms with Gasteiger partial charge in [-0.05, 0) is 24.6 Å². The minimum absolute atomic E-state index is 0.363. The molecule has 76 valence electrons. The number of nitrogens with zero attached hydrogens (tertiary/aromatic N) is 3. The monoisotopic (exact) mass is 218 g/mol. The van der Waals surface area contributed by atoms with E-state index in [2.05, 4.69) is 10.1 Å². The predicted octanol–water partition coefficient (Wildman–Crippen LogP) is 1.21. The maximum absolute atomic E-state index is 5.54. The van der Waals surface area contributed by atoms with Crippen molar-refractivity contribution in [1.29, 1.82) is 0 Å². The van der Waals surface area contributed by atoms with Crippen LogP contribution in [0.25, 0.3) is 5.82 Å². The van der Waals surface area contributed by atoms with Crippen LogP contribution in [0.5, 0.6) is 0 Å². The summed E-state index contributed by atoms with van der Waals surface area (Å²) in [5.74, 6) is 0.716. The molecule has 2 aromatic rings. The van der Waals surface area contributed by atoms with Gasteiger partial charge >= 0.3 is 0 Å². The van der Waals surface area contributed by atoms with Crippen molar-refractivity contribution in [3.8, 4) is 5.82 Å². The third-order valence-corrected chi connectivity index (χ3v) is 2.21. The fourth-order valence-corrected chi connectivity index (χ4v) is 1.36. The molecule has 0 spiro atoms. The normalized spacial score (nSPS) is 10.2. The minimum atomic E-state index is 0.363. The van der Waals surface area contributed by atoms with Crippen LogP contribution in [0.3, 0.4) is 0 Å². The number of hydrogen-bond acceptors (Lipinski definition) is 3. The van der Waals surface area contributed by atoms with Gasteiger partial charge in [0, 0.05) is 18.0 Å². The van der Waals surface area contributed by atoms with Crippen LogP contribution in [-0.2, 0) is 0 Å². The lowest BCUT2D eigenvalue weighted by molar-refractivity contribution is 0.846. The average molecular weight is 218 g/mol. The zero-order valence-corrected chi connectivity index (χ0v) is 9.03. The average Bonchev–Trinajstić information content (AvgIpc) is 2.65. The number of nitrogens with two attached hydrogens (primary N) is 1. The van der Waals surface area contributed by atoms with Gasteiger partial charge in [0.2, 0.25) is 0 Å². The fraction of sp³-hybridized carbons (Fsp3) is 0.100. The highest BCUT2D eigenvalue weighted by Crippen LogP contribution is 2.07. The summed E-state index contributed by atoms with van der Waals surface area (Å²) in [5, 5.41) is 4.16. The van der Waals surface area contributed by atoms with Gasteiger partial charge in [0.1, 0.15) is 4.99 Å². The molecular formula is C10H10N4S. The largest absolute Gasteiger partial charge is 0.389 e. The first-order valence-corrected chi connectivity index (χ1v) is 4.85. The summed E-state index contributed by atoms with van der Waals surface area (Å²) in [4.78, 5) is 4.55. The van der Waals surface area contributed by atoms with E-state index in [1.807, 2.05) is 19.2 Å². The summed E-state index contributed by atoms with van der Waals surface area (Å²) >= 11 is 4.90. The Morgan fingerprint density at radius 3 is 2.93 bits per heavy atom. The molecular weight excluding hydrogens is 208 g/mol. The first-order chi connectivity index (χ1) is 7.16. The Morgan fingerprint density at radius 2 is 2.33 bits per heavy atom. The molecule has 0 unspecified atom stereocenters. The Labute approximate surface area is 92.7 Å². The van der Waals surface area contributed by atoms with Crippen molar-refractivity contribution in [3.05, 3.63) is 41.9 Å². The molecule has 0 fully saturated rings. The van der Waals surface area contributed by atoms with E-state index in [0.29, 0.717) is 10.8 Å². The molecule has 0 amide bonds. The van der Waals surface area contributed by atoms with Gasteiger partial charge in [0.05, 0.1) is 6.20 Å². The predicted molar refractivity (Wildman–Crippen MR) is 62.0 cm³/mol. The number of aromatic nitrogens is 3. The minimum Gasteiger partial charge on any atom is -0.389 e. The molecule has 0 aliphatic carbocycles. The van der Waals surface area contributed by atoms with Crippen LogP contribution in [0.15, 0.2) is 30.7 Å². The van der Waals surface area contributed by atoms with Crippen molar-refractivity contribution in [3.63, 3.8) is 0 Å². The molecule has 0 aromatic carbocycles. The second-order valence-corrected chi connectivity index (χ2v) is 3.67. The Bertz CT molecular complexity index is 504. The van der Waals surface area contributed by atoms with Crippen molar-refractivity contribution >= 4 is 17.2 Å². The van der Waals surface area contributed by atoms with Gasteiger partial charge in [-0.2, -0.15) is 5.10 Å². The zero-order valence-electron chi connectivity index (χ0n) is 8.21. The third-order valence-electron chi connectivity index (χ3n) is 1.98. The van der Waals surface area contributed by atoms with E-state index in [0.717, 1.165) is 11.1 Å². The molecule has 0 saturated carbocycles. The van der Waals surface area contributed by atoms with Gasteiger partial charge in [0.25, 0.3) is 0 Å². The number of aryl methyl sites for hydroxylation is 1. The molecule has 4 nitrogen and oxygen atoms in total. The first kappa shape index (κ1) is 9.79. The molecule has 2 aromatic heterocycles. The summed E-state index contributed by atoms with van der Waals surface area (Å²) in [5.41, 5.74) is 7.42. The highest BCUT2D eigenvalue weighted by Gasteiger charge is 2.02. The van der Waals surface area contributed by atoms with Crippen LogP contribution in [0.1, 0.15) is 11.1 Å². The first-order valence-electron chi connectivity index (χ1n) is 4.44. The second kappa shape index (κ2) is 3.78. The van der Waals surface area contributed by atoms with Gasteiger partial charge < -0.3 is 5.73 Å². The van der Waals surface area contributed by atoms with E-state index in [4.69, 9.17) is 18.0 Å². The molecule has 0 aliphatic heterocycles. The Hall–Kier alpha value is -1.75. The van der Waals surface area contributed by atoms with Crippen molar-refractivity contribution in [2.45, 2.75) is 6.92 Å². The van der Waals surface area contributed by atoms with Crippen molar-refractivity contribution in [1.82, 2.24) is 14.8 Å². The quantitative estimate of drug-likeness (QED) is 0.770. The van der Waals surface area contributed by atoms with Crippen LogP contribution >= 0.6 is 12.2 Å². The van der Waals surface area contributed by atoms with Crippen molar-refractivity contribution < 1.29 is 0 Å². The van der Waals surface area contributed by atoms with Gasteiger partial charge in [0.15, 0.2) is 5.82 Å². The second-order valence-electron chi connectivity index (χ2n) is 3.23. The highest BCUT2D eigenvalue weighted by molar-refractivity contribution is 7.80. The molecule has 0 atom stereocenters. The molecule has 2 rings (SSSR count). The summed E-state index contributed by atoms with van der Waals surface area (Å²) in [6.45, 7) is 1.97. The van der Waals surface area contributed by atoms with E-state index < -0.39 is 0 Å². The van der Waals surface area contributed by atoms with Crippen LogP contribution in [-0.4, -0.2) is 19.8 Å². The third kappa shape index (κ3) is 2.02. The molecule has 15 heavy (non-hydrogen) atoms. The van der Waals surface area contributed by atoms with Crippen LogP contribution in [0, 0.1) is 6.92 Å². The number of rotatable bonds is 2. The molecule has 2 heterocycles. The molecule has 2 N–H and O–H groups in total. The van der Waals surface area contributed by atoms with Crippen LogP contribution in [0.2, 0.25) is 0 Å². The summed E-state index contributed by atoms with van der Waals surface area (Å²) < 4.78 is 1.69. The lowest BCUT2D eigenvalue weighted by Crippen LogP contribution is -2.10. The SMILES string of the molecule is Cc1cnn(-c2cc(C(N)=S)ccn2)c1. The number of pyridine rings is 1. The van der Waals surface area contributed by atoms with E-state index in [-0.39, 0.29) is 0 Å². The van der Waals surface area contributed by atoms with Gasteiger partial charge in [-0.25, -0.2) is 9.67 Å². The topological polar surface area (TPSA) is 56.7 Å². The molecule has 0 aliphatic rings. The Kier molecular flexibility index (Phi) is 2.47. The van der Waals surface area contributed by atoms with Gasteiger partial charge in [-0.15, -0.1) is 0 Å². The fourth-order valence-electron chi connectivity index (χ4n) is 1.24. The standard InChI is InChI=1S/C10H10N4S/c1-7-5-13-14(6-7)9-4-8(10(11)15)2-3-12-9/h2-6H,1H3,(H2,11,15). The summed E-state index contributed by atoms with van der Waals surface area (Å²) in [6, 6.07) is 3.59. The molecule has 0 saturated heterocycles. The van der Waals surface area contributed by atoms with Gasteiger partial charge in [-0.1, -0.05) is 12.2 Å². The Balaban J connectivity index is 2.45. The van der Waals surface area contributed by atoms with Gasteiger partial charge in [-0.3, -0.25) is 0 Å². The van der Waals surface area contributed by atoms with E-state index in [1.165, 1.54) is 0 Å². The lowest BCUT2D eigenvalue weighted by atomic mass is 10.2. The number of thiocarbonyl (C=S) groups is 1. The van der Waals surface area contributed by atoms with Crippen molar-refractivity contribution in [2.24, 2.45) is 5.73 Å². The maximum atomic E-state index is 5.54. The zero-order chi connectivity index (χ0) is 10.8. The highest BCUT2D eigenvalue weighted by atomic mass is 32.1. The molecule has 0 radical (unpaired) electrons. The summed E-state index contributed by atoms with van der Waals surface area (Å²) in [7, 11) is 0. The van der Waals surface area contributed by atoms with E-state index in [1.54, 1.807) is 23.1 Å². The van der Waals surface area contributed by atoms with Crippen LogP contribution < -0.4 is 5.73 Å². The maximum Gasteiger partial charge on any atom is 0.153 e. The van der Waals surface area contributed by atoms with E-state index in [9.17, 15) is 0 Å². The smallest absolute Gasteiger partial charge is 0.153 e. The lowest BCUT2D eigenvalue weighted by Gasteiger charge is -2.02. The Morgan fingerprint density at radius 1 is 1.53 bits per heavy atom. The molecule has 0 bridgehead atoms. The number of hydrogen-bond donors (Lipinski definition) is 1. The van der Waals surface area contributed by atoms with E-state index >= 15 is 0 Å².